The van der Waals surface area contributed by atoms with Gasteiger partial charge in [-0.05, 0) is 35.8 Å². The number of benzene rings is 2. The molecule has 0 fully saturated rings. The Morgan fingerprint density at radius 3 is 2.70 bits per heavy atom. The van der Waals surface area contributed by atoms with Crippen molar-refractivity contribution in [3.05, 3.63) is 96.1 Å². The van der Waals surface area contributed by atoms with Crippen molar-refractivity contribution < 1.29 is 9.53 Å². The summed E-state index contributed by atoms with van der Waals surface area (Å²) in [7, 11) is 1.66. The van der Waals surface area contributed by atoms with Gasteiger partial charge in [-0.3, -0.25) is 9.69 Å². The number of allylic oxidation sites excluding steroid dienone is 5. The molecule has 0 aromatic heterocycles. The summed E-state index contributed by atoms with van der Waals surface area (Å²) >= 11 is 0. The zero-order valence-corrected chi connectivity index (χ0v) is 17.2. The maximum Gasteiger partial charge on any atom is 0.261 e. The number of likely N-dealkylation sites (N-methyl/N-ethyl adjacent to an activating group) is 1. The molecule has 5 heteroatoms. The third-order valence-electron chi connectivity index (χ3n) is 5.68. The lowest BCUT2D eigenvalue weighted by atomic mass is 9.79. The second-order valence-corrected chi connectivity index (χ2v) is 7.48. The molecule has 2 aromatic rings. The quantitative estimate of drug-likeness (QED) is 0.778. The summed E-state index contributed by atoms with van der Waals surface area (Å²) in [6, 6.07) is 15.8. The van der Waals surface area contributed by atoms with Gasteiger partial charge in [-0.25, -0.2) is 4.99 Å². The van der Waals surface area contributed by atoms with Gasteiger partial charge in [0.05, 0.1) is 0 Å². The number of hydrogen-bond acceptors (Lipinski definition) is 4. The molecule has 152 valence electrons. The maximum atomic E-state index is 13.4. The topological polar surface area (TPSA) is 67.9 Å². The Hall–Kier alpha value is -3.60. The number of nitrogens with two attached hydrogens (primary N) is 1. The molecule has 0 aliphatic carbocycles. The molecule has 2 N–H and O–H groups in total. The van der Waals surface area contributed by atoms with Crippen LogP contribution < -0.4 is 10.5 Å². The number of guanidine groups is 1. The first-order valence-corrected chi connectivity index (χ1v) is 9.95. The van der Waals surface area contributed by atoms with Crippen LogP contribution in [0.25, 0.3) is 5.57 Å². The van der Waals surface area contributed by atoms with E-state index in [-0.39, 0.29) is 18.0 Å². The third kappa shape index (κ3) is 3.12. The Kier molecular flexibility index (Phi) is 5.04. The van der Waals surface area contributed by atoms with E-state index in [1.165, 1.54) is 4.90 Å². The summed E-state index contributed by atoms with van der Waals surface area (Å²) in [6.07, 6.45) is 7.78. The van der Waals surface area contributed by atoms with Crippen LogP contribution in [0, 0.1) is 0 Å². The first-order chi connectivity index (χ1) is 14.5. The van der Waals surface area contributed by atoms with Gasteiger partial charge < -0.3 is 10.5 Å². The largest absolute Gasteiger partial charge is 0.485 e. The van der Waals surface area contributed by atoms with E-state index in [0.717, 1.165) is 22.3 Å². The van der Waals surface area contributed by atoms with Gasteiger partial charge in [0.1, 0.15) is 11.9 Å². The molecule has 2 atom stereocenters. The molecule has 2 unspecified atom stereocenters. The van der Waals surface area contributed by atoms with Crippen molar-refractivity contribution in [2.45, 2.75) is 25.0 Å². The molecule has 30 heavy (non-hydrogen) atoms. The van der Waals surface area contributed by atoms with Crippen LogP contribution in [0.15, 0.2) is 84.4 Å². The Bertz CT molecular complexity index is 1080. The molecular formula is C25H25N3O2. The van der Waals surface area contributed by atoms with E-state index in [0.29, 0.717) is 12.2 Å². The molecule has 1 spiro atoms. The monoisotopic (exact) mass is 399 g/mol. The van der Waals surface area contributed by atoms with Crippen molar-refractivity contribution in [3.8, 4) is 5.75 Å². The standard InChI is InChI=1S/C25H25N3O2/c1-4-6-10-17(5-2)19-13-14-21-20(15-19)25(23(29)28(3)24(26)27-25)16-22(30-21)18-11-8-7-9-12-18/h4-15,22H,2,16H2,1,3H3,(H2,26,27). The number of carbonyl (C=O) groups is 1. The number of hydrogen-bond donors (Lipinski definition) is 1. The van der Waals surface area contributed by atoms with Crippen molar-refractivity contribution >= 4 is 17.4 Å². The fraction of sp³-hybridized carbons (Fsp3) is 0.200. The summed E-state index contributed by atoms with van der Waals surface area (Å²) in [4.78, 5) is 19.5. The SMILES string of the molecule is C=CC(=CC=CC)c1ccc2c(c1)C1(CC(c3ccccc3)O2)N=C(N)N(C)C1=O. The van der Waals surface area contributed by atoms with E-state index in [4.69, 9.17) is 10.5 Å². The predicted molar refractivity (Wildman–Crippen MR) is 120 cm³/mol. The first kappa shape index (κ1) is 19.7. The highest BCUT2D eigenvalue weighted by atomic mass is 16.5. The average molecular weight is 399 g/mol. The normalized spacial score (nSPS) is 23.5. The zero-order valence-electron chi connectivity index (χ0n) is 17.2. The van der Waals surface area contributed by atoms with Crippen molar-refractivity contribution in [2.24, 2.45) is 10.7 Å². The maximum absolute atomic E-state index is 13.4. The molecule has 2 aromatic carbocycles. The van der Waals surface area contributed by atoms with Gasteiger partial charge in [0, 0.05) is 19.0 Å². The Morgan fingerprint density at radius 2 is 2.07 bits per heavy atom. The minimum absolute atomic E-state index is 0.139. The van der Waals surface area contributed by atoms with Crippen LogP contribution in [0.5, 0.6) is 5.75 Å². The smallest absolute Gasteiger partial charge is 0.261 e. The number of aliphatic imine (C=N–C) groups is 1. The summed E-state index contributed by atoms with van der Waals surface area (Å²) < 4.78 is 6.33. The fourth-order valence-electron chi connectivity index (χ4n) is 4.05. The summed E-state index contributed by atoms with van der Waals surface area (Å²) in [5, 5.41) is 0. The van der Waals surface area contributed by atoms with Gasteiger partial charge in [-0.15, -0.1) is 0 Å². The lowest BCUT2D eigenvalue weighted by Crippen LogP contribution is -2.43. The summed E-state index contributed by atoms with van der Waals surface area (Å²) in [5.74, 6) is 0.729. The second kappa shape index (κ2) is 7.67. The van der Waals surface area contributed by atoms with E-state index < -0.39 is 5.54 Å². The molecule has 2 aliphatic heterocycles. The highest BCUT2D eigenvalue weighted by Crippen LogP contribution is 2.50. The Morgan fingerprint density at radius 1 is 1.30 bits per heavy atom. The van der Waals surface area contributed by atoms with Crippen LogP contribution in [0.1, 0.15) is 36.1 Å². The second-order valence-electron chi connectivity index (χ2n) is 7.48. The molecule has 2 aliphatic rings. The van der Waals surface area contributed by atoms with E-state index >= 15 is 0 Å². The number of carbonyl (C=O) groups excluding carboxylic acids is 1. The lowest BCUT2D eigenvalue weighted by molar-refractivity contribution is -0.132. The van der Waals surface area contributed by atoms with Crippen molar-refractivity contribution in [3.63, 3.8) is 0 Å². The van der Waals surface area contributed by atoms with Crippen molar-refractivity contribution in [1.29, 1.82) is 0 Å². The van der Waals surface area contributed by atoms with Gasteiger partial charge in [-0.1, -0.05) is 67.3 Å². The van der Waals surface area contributed by atoms with Gasteiger partial charge in [0.25, 0.3) is 5.91 Å². The van der Waals surface area contributed by atoms with E-state index in [9.17, 15) is 4.79 Å². The predicted octanol–water partition coefficient (Wildman–Crippen LogP) is 4.34. The molecule has 1 amide bonds. The minimum Gasteiger partial charge on any atom is -0.485 e. The van der Waals surface area contributed by atoms with Gasteiger partial charge in [-0.2, -0.15) is 0 Å². The van der Waals surface area contributed by atoms with Gasteiger partial charge >= 0.3 is 0 Å². The number of ether oxygens (including phenoxy) is 1. The number of amides is 1. The van der Waals surface area contributed by atoms with Crippen molar-refractivity contribution in [1.82, 2.24) is 4.90 Å². The van der Waals surface area contributed by atoms with E-state index in [1.54, 1.807) is 13.1 Å². The van der Waals surface area contributed by atoms with Gasteiger partial charge in [0.2, 0.25) is 0 Å². The highest BCUT2D eigenvalue weighted by molar-refractivity contribution is 6.07. The Labute approximate surface area is 176 Å². The molecule has 2 heterocycles. The molecule has 0 bridgehead atoms. The molecule has 4 rings (SSSR count). The lowest BCUT2D eigenvalue weighted by Gasteiger charge is -2.37. The average Bonchev–Trinajstić information content (AvgIpc) is 2.99. The van der Waals surface area contributed by atoms with E-state index in [2.05, 4.69) is 11.6 Å². The minimum atomic E-state index is -1.10. The highest BCUT2D eigenvalue weighted by Gasteiger charge is 2.53. The van der Waals surface area contributed by atoms with Crippen LogP contribution >= 0.6 is 0 Å². The number of nitrogens with zero attached hydrogens (tertiary/aromatic N) is 2. The van der Waals surface area contributed by atoms with E-state index in [1.807, 2.05) is 73.7 Å². The van der Waals surface area contributed by atoms with Crippen LogP contribution in [-0.2, 0) is 10.3 Å². The molecule has 0 saturated carbocycles. The first-order valence-electron chi connectivity index (χ1n) is 9.95. The molecule has 5 nitrogen and oxygen atoms in total. The zero-order chi connectivity index (χ0) is 21.3. The molecule has 0 radical (unpaired) electrons. The van der Waals surface area contributed by atoms with Crippen LogP contribution in [0.4, 0.5) is 0 Å². The summed E-state index contributed by atoms with van der Waals surface area (Å²) in [5.41, 5.74) is 8.61. The number of fused-ring (bicyclic) bond motifs is 2. The molecular weight excluding hydrogens is 374 g/mol. The number of rotatable bonds is 4. The van der Waals surface area contributed by atoms with Crippen LogP contribution in [0.3, 0.4) is 0 Å². The molecule has 0 saturated heterocycles. The van der Waals surface area contributed by atoms with Crippen LogP contribution in [-0.4, -0.2) is 23.8 Å². The Balaban J connectivity index is 1.88. The summed E-state index contributed by atoms with van der Waals surface area (Å²) in [6.45, 7) is 5.89. The third-order valence-corrected chi connectivity index (χ3v) is 5.68. The van der Waals surface area contributed by atoms with Crippen LogP contribution in [0.2, 0.25) is 0 Å². The fourth-order valence-corrected chi connectivity index (χ4v) is 4.05. The van der Waals surface area contributed by atoms with Crippen molar-refractivity contribution in [2.75, 3.05) is 7.05 Å². The van der Waals surface area contributed by atoms with Gasteiger partial charge in [0.15, 0.2) is 11.5 Å².